The van der Waals surface area contributed by atoms with Gasteiger partial charge in [-0.3, -0.25) is 4.79 Å². The minimum Gasteiger partial charge on any atom is -0.493 e. The number of ether oxygens (including phenoxy) is 3. The molecule has 0 saturated carbocycles. The summed E-state index contributed by atoms with van der Waals surface area (Å²) in [4.78, 5) is 12.6. The Labute approximate surface area is 134 Å². The molecule has 2 aromatic carbocycles. The van der Waals surface area contributed by atoms with E-state index in [1.807, 2.05) is 0 Å². The fourth-order valence-corrected chi connectivity index (χ4v) is 2.79. The first-order chi connectivity index (χ1) is 11.0. The summed E-state index contributed by atoms with van der Waals surface area (Å²) in [5.41, 5.74) is 0.913. The molecule has 5 heteroatoms. The monoisotopic (exact) mass is 314 g/mol. The molecule has 2 atom stereocenters. The lowest BCUT2D eigenvalue weighted by Crippen LogP contribution is -2.46. The topological polar surface area (TPSA) is 65.0 Å². The van der Waals surface area contributed by atoms with E-state index in [4.69, 9.17) is 14.2 Å². The lowest BCUT2D eigenvalue weighted by Gasteiger charge is -2.38. The van der Waals surface area contributed by atoms with Crippen molar-refractivity contribution < 1.29 is 24.1 Å². The molecule has 23 heavy (non-hydrogen) atoms. The van der Waals surface area contributed by atoms with Crippen molar-refractivity contribution in [2.75, 3.05) is 14.2 Å². The van der Waals surface area contributed by atoms with Crippen LogP contribution >= 0.6 is 0 Å². The molecule has 5 nitrogen and oxygen atoms in total. The first-order valence-electron chi connectivity index (χ1n) is 7.28. The van der Waals surface area contributed by atoms with Gasteiger partial charge in [-0.1, -0.05) is 12.1 Å². The van der Waals surface area contributed by atoms with Crippen molar-refractivity contribution in [1.82, 2.24) is 0 Å². The van der Waals surface area contributed by atoms with Gasteiger partial charge in [-0.15, -0.1) is 0 Å². The maximum Gasteiger partial charge on any atom is 0.245 e. The maximum atomic E-state index is 12.6. The summed E-state index contributed by atoms with van der Waals surface area (Å²) in [6.07, 6.45) is 0. The molecule has 0 saturated heterocycles. The molecule has 2 aromatic rings. The fraction of sp³-hybridized carbons (Fsp3) is 0.278. The number of hydrogen-bond donors (Lipinski definition) is 1. The Bertz CT molecular complexity index is 755. The quantitative estimate of drug-likeness (QED) is 0.943. The predicted octanol–water partition coefficient (Wildman–Crippen LogP) is 2.76. The van der Waals surface area contributed by atoms with Crippen molar-refractivity contribution in [2.24, 2.45) is 5.92 Å². The van der Waals surface area contributed by atoms with Crippen LogP contribution in [-0.4, -0.2) is 25.1 Å². The van der Waals surface area contributed by atoms with E-state index in [1.165, 1.54) is 14.2 Å². The van der Waals surface area contributed by atoms with Crippen LogP contribution in [0.25, 0.3) is 0 Å². The molecule has 0 spiro atoms. The van der Waals surface area contributed by atoms with Gasteiger partial charge in [0.2, 0.25) is 5.79 Å². The number of carbonyl (C=O) groups excluding carboxylic acids is 1. The van der Waals surface area contributed by atoms with E-state index in [-0.39, 0.29) is 5.78 Å². The van der Waals surface area contributed by atoms with Gasteiger partial charge in [0.15, 0.2) is 17.3 Å². The Morgan fingerprint density at radius 2 is 1.78 bits per heavy atom. The third-order valence-corrected chi connectivity index (χ3v) is 4.20. The van der Waals surface area contributed by atoms with Crippen molar-refractivity contribution in [1.29, 1.82) is 0 Å². The molecule has 3 rings (SSSR count). The highest BCUT2D eigenvalue weighted by molar-refractivity contribution is 6.01. The van der Waals surface area contributed by atoms with Gasteiger partial charge < -0.3 is 19.3 Å². The van der Waals surface area contributed by atoms with E-state index >= 15 is 0 Å². The number of hydrogen-bond acceptors (Lipinski definition) is 5. The number of carbonyl (C=O) groups is 1. The van der Waals surface area contributed by atoms with E-state index in [1.54, 1.807) is 49.4 Å². The van der Waals surface area contributed by atoms with E-state index in [2.05, 4.69) is 0 Å². The molecular formula is C18H18O5. The average molecular weight is 314 g/mol. The largest absolute Gasteiger partial charge is 0.493 e. The third-order valence-electron chi connectivity index (χ3n) is 4.20. The Balaban J connectivity index is 2.10. The summed E-state index contributed by atoms with van der Waals surface area (Å²) in [5.74, 6) is -1.31. The lowest BCUT2D eigenvalue weighted by molar-refractivity contribution is -0.176. The average Bonchev–Trinajstić information content (AvgIpc) is 2.59. The lowest BCUT2D eigenvalue weighted by atomic mass is 9.84. The summed E-state index contributed by atoms with van der Waals surface area (Å²) in [7, 11) is 3.04. The van der Waals surface area contributed by atoms with Gasteiger partial charge in [-0.05, 0) is 37.3 Å². The molecule has 0 bridgehead atoms. The number of Topliss-reactive ketones (excluding diaryl/α,β-unsaturated/α-hetero) is 1. The van der Waals surface area contributed by atoms with E-state index in [0.717, 1.165) is 0 Å². The highest BCUT2D eigenvalue weighted by Gasteiger charge is 2.47. The zero-order valence-electron chi connectivity index (χ0n) is 13.2. The number of aliphatic hydroxyl groups is 1. The molecule has 0 aliphatic carbocycles. The number of methoxy groups -OCH3 is 2. The molecule has 1 aliphatic heterocycles. The van der Waals surface area contributed by atoms with E-state index in [9.17, 15) is 9.90 Å². The highest BCUT2D eigenvalue weighted by Crippen LogP contribution is 2.43. The minimum atomic E-state index is -1.76. The SMILES string of the molecule is COc1ccc([C@]2(O)Oc3ccccc3C(=O)[C@H]2C)cc1OC. The zero-order valence-corrected chi connectivity index (χ0v) is 13.2. The number of fused-ring (bicyclic) bond motifs is 1. The molecule has 0 amide bonds. The van der Waals surface area contributed by atoms with Crippen LogP contribution in [0.1, 0.15) is 22.8 Å². The summed E-state index contributed by atoms with van der Waals surface area (Å²) in [5, 5.41) is 11.1. The van der Waals surface area contributed by atoms with Gasteiger partial charge in [0.1, 0.15) is 5.75 Å². The normalized spacial score (nSPS) is 23.0. The maximum absolute atomic E-state index is 12.6. The number of ketones is 1. The van der Waals surface area contributed by atoms with Crippen LogP contribution in [0.5, 0.6) is 17.2 Å². The number of benzene rings is 2. The van der Waals surface area contributed by atoms with Crippen molar-refractivity contribution in [3.05, 3.63) is 53.6 Å². The summed E-state index contributed by atoms with van der Waals surface area (Å²) >= 11 is 0. The predicted molar refractivity (Wildman–Crippen MR) is 84.0 cm³/mol. The molecule has 0 aromatic heterocycles. The van der Waals surface area contributed by atoms with Crippen molar-refractivity contribution in [3.63, 3.8) is 0 Å². The number of para-hydroxylation sites is 1. The summed E-state index contributed by atoms with van der Waals surface area (Å²) < 4.78 is 16.3. The van der Waals surface area contributed by atoms with Crippen LogP contribution in [0.3, 0.4) is 0 Å². The van der Waals surface area contributed by atoms with Gasteiger partial charge in [-0.2, -0.15) is 0 Å². The second kappa shape index (κ2) is 5.59. The van der Waals surface area contributed by atoms with Crippen LogP contribution in [0, 0.1) is 5.92 Å². The molecule has 1 heterocycles. The highest BCUT2D eigenvalue weighted by atomic mass is 16.6. The summed E-state index contributed by atoms with van der Waals surface area (Å²) in [6.45, 7) is 1.65. The van der Waals surface area contributed by atoms with Crippen LogP contribution in [-0.2, 0) is 5.79 Å². The number of rotatable bonds is 3. The van der Waals surface area contributed by atoms with Crippen LogP contribution < -0.4 is 14.2 Å². The Morgan fingerprint density at radius 3 is 2.48 bits per heavy atom. The minimum absolute atomic E-state index is 0.163. The first kappa shape index (κ1) is 15.4. The zero-order chi connectivity index (χ0) is 16.6. The molecule has 120 valence electrons. The molecule has 0 unspecified atom stereocenters. The van der Waals surface area contributed by atoms with Gasteiger partial charge in [-0.25, -0.2) is 0 Å². The second-order valence-corrected chi connectivity index (χ2v) is 5.45. The Morgan fingerprint density at radius 1 is 1.09 bits per heavy atom. The van der Waals surface area contributed by atoms with E-state index in [0.29, 0.717) is 28.4 Å². The van der Waals surface area contributed by atoms with Crippen LogP contribution in [0.2, 0.25) is 0 Å². The standard InChI is InChI=1S/C18H18O5/c1-11-17(19)13-6-4-5-7-14(13)23-18(11,20)12-8-9-15(21-2)16(10-12)22-3/h4-11,20H,1-3H3/t11-,18-/m1/s1. The molecule has 1 aliphatic rings. The summed E-state index contributed by atoms with van der Waals surface area (Å²) in [6, 6.07) is 11.9. The third kappa shape index (κ3) is 2.33. The van der Waals surface area contributed by atoms with Gasteiger partial charge in [0, 0.05) is 5.56 Å². The van der Waals surface area contributed by atoms with Crippen molar-refractivity contribution in [3.8, 4) is 17.2 Å². The van der Waals surface area contributed by atoms with Gasteiger partial charge in [0.25, 0.3) is 0 Å². The van der Waals surface area contributed by atoms with Crippen LogP contribution in [0.15, 0.2) is 42.5 Å². The van der Waals surface area contributed by atoms with Gasteiger partial charge in [0.05, 0.1) is 25.7 Å². The van der Waals surface area contributed by atoms with Crippen LogP contribution in [0.4, 0.5) is 0 Å². The molecule has 1 N–H and O–H groups in total. The smallest absolute Gasteiger partial charge is 0.245 e. The van der Waals surface area contributed by atoms with Crippen molar-refractivity contribution in [2.45, 2.75) is 12.7 Å². The van der Waals surface area contributed by atoms with Crippen molar-refractivity contribution >= 4 is 5.78 Å². The molecule has 0 radical (unpaired) electrons. The van der Waals surface area contributed by atoms with Gasteiger partial charge >= 0.3 is 0 Å². The Hall–Kier alpha value is -2.53. The fourth-order valence-electron chi connectivity index (χ4n) is 2.79. The first-order valence-corrected chi connectivity index (χ1v) is 7.28. The van der Waals surface area contributed by atoms with E-state index < -0.39 is 11.7 Å². The molecule has 0 fully saturated rings. The Kier molecular flexibility index (Phi) is 3.74. The molecular weight excluding hydrogens is 296 g/mol. The second-order valence-electron chi connectivity index (χ2n) is 5.45.